The molecule has 0 bridgehead atoms. The van der Waals surface area contributed by atoms with Gasteiger partial charge < -0.3 is 4.57 Å². The summed E-state index contributed by atoms with van der Waals surface area (Å²) < 4.78 is 2.10. The summed E-state index contributed by atoms with van der Waals surface area (Å²) in [5.74, 6) is 0.965. The van der Waals surface area contributed by atoms with Gasteiger partial charge in [0.15, 0.2) is 0 Å². The van der Waals surface area contributed by atoms with E-state index in [4.69, 9.17) is 0 Å². The highest BCUT2D eigenvalue weighted by molar-refractivity contribution is 5.65. The number of benzene rings is 2. The summed E-state index contributed by atoms with van der Waals surface area (Å²) in [6, 6.07) is 21.8. The highest BCUT2D eigenvalue weighted by Gasteiger charge is 2.09. The Balaban J connectivity index is 2.09. The lowest BCUT2D eigenvalue weighted by molar-refractivity contribution is 0.933. The van der Waals surface area contributed by atoms with Crippen LogP contribution in [0.15, 0.2) is 54.7 Å². The SMILES string of the molecule is Cn1c(-c2cc[c]cc2)cnc1-c1cc[c]cc1. The van der Waals surface area contributed by atoms with Gasteiger partial charge in [0.05, 0.1) is 11.9 Å². The highest BCUT2D eigenvalue weighted by Crippen LogP contribution is 2.24. The molecule has 0 fully saturated rings. The van der Waals surface area contributed by atoms with Crippen molar-refractivity contribution in [2.24, 2.45) is 7.05 Å². The second-order valence-electron chi connectivity index (χ2n) is 4.10. The number of imidazole rings is 1. The minimum atomic E-state index is 0.965. The molecule has 2 aromatic carbocycles. The smallest absolute Gasteiger partial charge is 0.140 e. The lowest BCUT2D eigenvalue weighted by atomic mass is 10.1. The minimum absolute atomic E-state index is 0.965. The number of aromatic nitrogens is 2. The van der Waals surface area contributed by atoms with Gasteiger partial charge in [0.1, 0.15) is 5.82 Å². The molecule has 3 rings (SSSR count). The molecule has 0 unspecified atom stereocenters. The predicted octanol–water partition coefficient (Wildman–Crippen LogP) is 3.35. The Labute approximate surface area is 107 Å². The van der Waals surface area contributed by atoms with Crippen molar-refractivity contribution in [1.29, 1.82) is 0 Å². The molecule has 2 radical (unpaired) electrons. The molecule has 0 aliphatic carbocycles. The second-order valence-corrected chi connectivity index (χ2v) is 4.10. The fourth-order valence-electron chi connectivity index (χ4n) is 2.04. The van der Waals surface area contributed by atoms with Gasteiger partial charge in [0.25, 0.3) is 0 Å². The van der Waals surface area contributed by atoms with Crippen LogP contribution in [0.3, 0.4) is 0 Å². The van der Waals surface area contributed by atoms with Crippen molar-refractivity contribution in [2.45, 2.75) is 0 Å². The third-order valence-corrected chi connectivity index (χ3v) is 2.98. The van der Waals surface area contributed by atoms with E-state index in [1.165, 1.54) is 0 Å². The van der Waals surface area contributed by atoms with E-state index >= 15 is 0 Å². The molecule has 3 aromatic rings. The summed E-state index contributed by atoms with van der Waals surface area (Å²) in [7, 11) is 2.03. The standard InChI is InChI=1S/C16H12N2/c1-18-15(13-8-4-2-5-9-13)12-17-16(18)14-10-6-3-7-11-14/h4-12H,1H3. The first-order valence-corrected chi connectivity index (χ1v) is 5.81. The summed E-state index contributed by atoms with van der Waals surface area (Å²) >= 11 is 0. The van der Waals surface area contributed by atoms with Gasteiger partial charge in [-0.25, -0.2) is 4.98 Å². The maximum atomic E-state index is 4.50. The van der Waals surface area contributed by atoms with Crippen LogP contribution in [0, 0.1) is 12.1 Å². The van der Waals surface area contributed by atoms with Gasteiger partial charge in [-0.15, -0.1) is 0 Å². The number of rotatable bonds is 2. The zero-order chi connectivity index (χ0) is 12.4. The Morgan fingerprint density at radius 1 is 0.889 bits per heavy atom. The Kier molecular flexibility index (Phi) is 2.69. The third-order valence-electron chi connectivity index (χ3n) is 2.98. The predicted molar refractivity (Wildman–Crippen MR) is 71.8 cm³/mol. The first kappa shape index (κ1) is 10.8. The molecule has 0 spiro atoms. The second kappa shape index (κ2) is 4.49. The minimum Gasteiger partial charge on any atom is -0.327 e. The molecular weight excluding hydrogens is 220 g/mol. The van der Waals surface area contributed by atoms with Crippen molar-refractivity contribution >= 4 is 0 Å². The molecule has 0 atom stereocenters. The van der Waals surface area contributed by atoms with E-state index in [9.17, 15) is 0 Å². The van der Waals surface area contributed by atoms with E-state index in [-0.39, 0.29) is 0 Å². The topological polar surface area (TPSA) is 17.8 Å². The monoisotopic (exact) mass is 232 g/mol. The van der Waals surface area contributed by atoms with Crippen molar-refractivity contribution in [2.75, 3.05) is 0 Å². The van der Waals surface area contributed by atoms with E-state index in [2.05, 4.69) is 21.7 Å². The van der Waals surface area contributed by atoms with Gasteiger partial charge in [-0.2, -0.15) is 0 Å². The number of hydrogen-bond acceptors (Lipinski definition) is 1. The average Bonchev–Trinajstić information content (AvgIpc) is 2.83. The normalized spacial score (nSPS) is 10.5. The Morgan fingerprint density at radius 3 is 2.06 bits per heavy atom. The fourth-order valence-corrected chi connectivity index (χ4v) is 2.04. The zero-order valence-corrected chi connectivity index (χ0v) is 10.1. The number of hydrogen-bond donors (Lipinski definition) is 0. The van der Waals surface area contributed by atoms with Crippen molar-refractivity contribution in [3.05, 3.63) is 66.9 Å². The maximum Gasteiger partial charge on any atom is 0.140 e. The van der Waals surface area contributed by atoms with Crippen LogP contribution in [0.5, 0.6) is 0 Å². The first-order valence-electron chi connectivity index (χ1n) is 5.81. The van der Waals surface area contributed by atoms with Crippen molar-refractivity contribution in [1.82, 2.24) is 9.55 Å². The molecule has 2 heteroatoms. The third kappa shape index (κ3) is 1.82. The summed E-state index contributed by atoms with van der Waals surface area (Å²) in [6.45, 7) is 0. The van der Waals surface area contributed by atoms with Crippen LogP contribution in [0.1, 0.15) is 0 Å². The molecule has 0 aliphatic heterocycles. The summed E-state index contributed by atoms with van der Waals surface area (Å²) in [5, 5.41) is 0. The van der Waals surface area contributed by atoms with Gasteiger partial charge in [0, 0.05) is 12.6 Å². The Morgan fingerprint density at radius 2 is 1.44 bits per heavy atom. The van der Waals surface area contributed by atoms with Crippen LogP contribution in [0.4, 0.5) is 0 Å². The molecule has 0 saturated heterocycles. The lowest BCUT2D eigenvalue weighted by Gasteiger charge is -2.05. The molecule has 0 N–H and O–H groups in total. The van der Waals surface area contributed by atoms with Crippen molar-refractivity contribution in [3.8, 4) is 22.6 Å². The van der Waals surface area contributed by atoms with Gasteiger partial charge in [0.2, 0.25) is 0 Å². The van der Waals surface area contributed by atoms with Gasteiger partial charge in [-0.1, -0.05) is 48.5 Å². The van der Waals surface area contributed by atoms with Crippen LogP contribution in [0.2, 0.25) is 0 Å². The van der Waals surface area contributed by atoms with E-state index < -0.39 is 0 Å². The van der Waals surface area contributed by atoms with Gasteiger partial charge in [-0.3, -0.25) is 0 Å². The van der Waals surface area contributed by atoms with Crippen LogP contribution < -0.4 is 0 Å². The van der Waals surface area contributed by atoms with Crippen molar-refractivity contribution in [3.63, 3.8) is 0 Å². The Bertz CT molecular complexity index is 582. The van der Waals surface area contributed by atoms with Crippen LogP contribution >= 0.6 is 0 Å². The molecule has 1 aromatic heterocycles. The first-order chi connectivity index (χ1) is 8.86. The van der Waals surface area contributed by atoms with E-state index in [1.54, 1.807) is 0 Å². The number of nitrogens with zero attached hydrogens (tertiary/aromatic N) is 2. The molecule has 86 valence electrons. The van der Waals surface area contributed by atoms with Crippen LogP contribution in [0.25, 0.3) is 22.6 Å². The maximum absolute atomic E-state index is 4.50. The molecule has 2 nitrogen and oxygen atoms in total. The van der Waals surface area contributed by atoms with E-state index in [0.29, 0.717) is 0 Å². The van der Waals surface area contributed by atoms with Crippen LogP contribution in [-0.4, -0.2) is 9.55 Å². The van der Waals surface area contributed by atoms with Crippen LogP contribution in [-0.2, 0) is 7.05 Å². The molecule has 1 heterocycles. The summed E-state index contributed by atoms with van der Waals surface area (Å²) in [6.07, 6.45) is 1.90. The average molecular weight is 232 g/mol. The molecule has 0 amide bonds. The summed E-state index contributed by atoms with van der Waals surface area (Å²) in [4.78, 5) is 4.50. The Hall–Kier alpha value is -2.35. The fraction of sp³-hybridized carbons (Fsp3) is 0.0625. The van der Waals surface area contributed by atoms with Gasteiger partial charge in [-0.05, 0) is 17.7 Å². The highest BCUT2D eigenvalue weighted by atomic mass is 15.1. The van der Waals surface area contributed by atoms with Crippen molar-refractivity contribution < 1.29 is 0 Å². The summed E-state index contributed by atoms with van der Waals surface area (Å²) in [5.41, 5.74) is 3.36. The quantitative estimate of drug-likeness (QED) is 0.662. The van der Waals surface area contributed by atoms with E-state index in [1.807, 2.05) is 61.8 Å². The molecule has 18 heavy (non-hydrogen) atoms. The van der Waals surface area contributed by atoms with Gasteiger partial charge >= 0.3 is 0 Å². The largest absolute Gasteiger partial charge is 0.327 e. The zero-order valence-electron chi connectivity index (χ0n) is 10.1. The molecule has 0 aliphatic rings. The van der Waals surface area contributed by atoms with E-state index in [0.717, 1.165) is 22.6 Å². The molecular formula is C16H12N2. The lowest BCUT2D eigenvalue weighted by Crippen LogP contribution is -1.95. The molecule has 0 saturated carbocycles.